The van der Waals surface area contributed by atoms with Gasteiger partial charge in [-0.25, -0.2) is 0 Å². The van der Waals surface area contributed by atoms with Gasteiger partial charge in [-0.1, -0.05) is 49.5 Å². The summed E-state index contributed by atoms with van der Waals surface area (Å²) >= 11 is 0. The van der Waals surface area contributed by atoms with Gasteiger partial charge in [-0.05, 0) is 36.6 Å². The number of diazo groups is 1. The highest BCUT2D eigenvalue weighted by atomic mass is 14.8. The SMILES string of the molecule is CCCCc1ccc([N+]#N)c(C#Cc2ccccc2)c1. The maximum Gasteiger partial charge on any atom is 0.400 e. The van der Waals surface area contributed by atoms with E-state index in [2.05, 4.69) is 23.7 Å². The van der Waals surface area contributed by atoms with E-state index in [1.54, 1.807) is 0 Å². The molecule has 0 aliphatic rings. The topological polar surface area (TPSA) is 28.1 Å². The normalized spacial score (nSPS) is 9.40. The molecule has 98 valence electrons. The third kappa shape index (κ3) is 3.70. The Hall–Kier alpha value is -2.58. The van der Waals surface area contributed by atoms with Crippen LogP contribution in [-0.4, -0.2) is 0 Å². The first-order valence-corrected chi connectivity index (χ1v) is 6.88. The van der Waals surface area contributed by atoms with Crippen molar-refractivity contribution in [2.75, 3.05) is 0 Å². The van der Waals surface area contributed by atoms with E-state index in [-0.39, 0.29) is 0 Å². The molecule has 0 fully saturated rings. The van der Waals surface area contributed by atoms with E-state index in [9.17, 15) is 0 Å². The Kier molecular flexibility index (Phi) is 4.93. The monoisotopic (exact) mass is 261 g/mol. The smallest absolute Gasteiger partial charge is 0.0654 e. The molecule has 0 aliphatic carbocycles. The molecule has 2 aromatic carbocycles. The van der Waals surface area contributed by atoms with E-state index in [1.165, 1.54) is 5.56 Å². The molecule has 0 saturated heterocycles. The molecule has 0 aromatic heterocycles. The Labute approximate surface area is 120 Å². The minimum Gasteiger partial charge on any atom is -0.0654 e. The Bertz CT molecular complexity index is 670. The van der Waals surface area contributed by atoms with Crippen molar-refractivity contribution >= 4 is 5.69 Å². The molecule has 2 rings (SSSR count). The summed E-state index contributed by atoms with van der Waals surface area (Å²) in [6.07, 6.45) is 3.35. The van der Waals surface area contributed by atoms with Crippen LogP contribution in [0.3, 0.4) is 0 Å². The predicted octanol–water partition coefficient (Wildman–Crippen LogP) is 4.91. The van der Waals surface area contributed by atoms with Gasteiger partial charge < -0.3 is 0 Å². The summed E-state index contributed by atoms with van der Waals surface area (Å²) in [6, 6.07) is 15.6. The molecule has 0 saturated carbocycles. The van der Waals surface area contributed by atoms with Crippen LogP contribution in [0, 0.1) is 17.2 Å². The Balaban J connectivity index is 2.30. The van der Waals surface area contributed by atoms with E-state index in [0.717, 1.165) is 30.4 Å². The van der Waals surface area contributed by atoms with Crippen LogP contribution in [-0.2, 0) is 6.42 Å². The summed E-state index contributed by atoms with van der Waals surface area (Å²) in [4.78, 5) is 3.30. The lowest BCUT2D eigenvalue weighted by Gasteiger charge is -1.98. The average molecular weight is 261 g/mol. The number of hydrogen-bond donors (Lipinski definition) is 0. The van der Waals surface area contributed by atoms with Crippen LogP contribution in [0.15, 0.2) is 48.5 Å². The average Bonchev–Trinajstić information content (AvgIpc) is 2.52. The van der Waals surface area contributed by atoms with Crippen molar-refractivity contribution in [3.05, 3.63) is 70.2 Å². The maximum atomic E-state index is 9.04. The molecule has 2 aromatic rings. The molecule has 0 radical (unpaired) electrons. The van der Waals surface area contributed by atoms with E-state index < -0.39 is 0 Å². The molecule has 0 atom stereocenters. The number of nitrogens with zero attached hydrogens (tertiary/aromatic N) is 2. The largest absolute Gasteiger partial charge is 0.400 e. The summed E-state index contributed by atoms with van der Waals surface area (Å²) in [6.45, 7) is 2.17. The fourth-order valence-electron chi connectivity index (χ4n) is 1.97. The Morgan fingerprint density at radius 3 is 2.55 bits per heavy atom. The summed E-state index contributed by atoms with van der Waals surface area (Å²) in [5.74, 6) is 6.19. The lowest BCUT2D eigenvalue weighted by molar-refractivity contribution is 0.795. The fraction of sp³-hybridized carbons (Fsp3) is 0.222. The third-order valence-electron chi connectivity index (χ3n) is 3.10. The highest BCUT2D eigenvalue weighted by Crippen LogP contribution is 2.21. The number of rotatable bonds is 3. The zero-order valence-corrected chi connectivity index (χ0v) is 11.6. The van der Waals surface area contributed by atoms with Crippen LogP contribution in [0.25, 0.3) is 4.98 Å². The van der Waals surface area contributed by atoms with Crippen molar-refractivity contribution in [2.24, 2.45) is 0 Å². The van der Waals surface area contributed by atoms with Crippen LogP contribution in [0.2, 0.25) is 0 Å². The zero-order valence-electron chi connectivity index (χ0n) is 11.6. The van der Waals surface area contributed by atoms with Crippen molar-refractivity contribution < 1.29 is 0 Å². The lowest BCUT2D eigenvalue weighted by Crippen LogP contribution is -1.86. The van der Waals surface area contributed by atoms with Crippen LogP contribution >= 0.6 is 0 Å². The number of aryl methyl sites for hydroxylation is 1. The van der Waals surface area contributed by atoms with Gasteiger partial charge in [0.15, 0.2) is 4.98 Å². The molecule has 20 heavy (non-hydrogen) atoms. The van der Waals surface area contributed by atoms with Crippen molar-refractivity contribution in [3.63, 3.8) is 0 Å². The predicted molar refractivity (Wildman–Crippen MR) is 82.2 cm³/mol. The molecule has 2 nitrogen and oxygen atoms in total. The molecule has 0 unspecified atom stereocenters. The molecule has 0 heterocycles. The molecular weight excluding hydrogens is 244 g/mol. The van der Waals surface area contributed by atoms with E-state index in [4.69, 9.17) is 5.39 Å². The summed E-state index contributed by atoms with van der Waals surface area (Å²) in [7, 11) is 0. The quantitative estimate of drug-likeness (QED) is 0.569. The Morgan fingerprint density at radius 1 is 1.05 bits per heavy atom. The minimum atomic E-state index is 0.522. The highest BCUT2D eigenvalue weighted by Gasteiger charge is 2.11. The van der Waals surface area contributed by atoms with Gasteiger partial charge in [-0.3, -0.25) is 0 Å². The standard InChI is InChI=1S/C18H17N2/c1-2-3-7-16-11-13-18(20-19)17(14-16)12-10-15-8-5-4-6-9-15/h4-6,8-9,11,13-14H,2-3,7H2,1H3/q+1. The van der Waals surface area contributed by atoms with Crippen LogP contribution in [0.1, 0.15) is 36.5 Å². The van der Waals surface area contributed by atoms with Crippen molar-refractivity contribution in [3.8, 4) is 11.8 Å². The molecule has 0 N–H and O–H groups in total. The van der Waals surface area contributed by atoms with Gasteiger partial charge in [0.05, 0.1) is 0 Å². The summed E-state index contributed by atoms with van der Waals surface area (Å²) < 4.78 is 0. The van der Waals surface area contributed by atoms with Crippen LogP contribution in [0.5, 0.6) is 0 Å². The fourth-order valence-corrected chi connectivity index (χ4v) is 1.97. The van der Waals surface area contributed by atoms with Gasteiger partial charge in [-0.15, -0.1) is 0 Å². The third-order valence-corrected chi connectivity index (χ3v) is 3.10. The molecule has 0 spiro atoms. The second-order valence-corrected chi connectivity index (χ2v) is 4.67. The molecule has 0 bridgehead atoms. The van der Waals surface area contributed by atoms with E-state index >= 15 is 0 Å². The molecule has 0 aliphatic heterocycles. The van der Waals surface area contributed by atoms with Crippen molar-refractivity contribution in [2.45, 2.75) is 26.2 Å². The van der Waals surface area contributed by atoms with Gasteiger partial charge in [0.2, 0.25) is 5.39 Å². The number of benzene rings is 2. The zero-order chi connectivity index (χ0) is 14.2. The highest BCUT2D eigenvalue weighted by molar-refractivity contribution is 5.61. The van der Waals surface area contributed by atoms with Gasteiger partial charge in [0, 0.05) is 11.6 Å². The van der Waals surface area contributed by atoms with Crippen LogP contribution < -0.4 is 0 Å². The second kappa shape index (κ2) is 7.12. The van der Waals surface area contributed by atoms with Crippen molar-refractivity contribution in [1.82, 2.24) is 0 Å². The molecule has 2 heteroatoms. The summed E-state index contributed by atoms with van der Waals surface area (Å²) in [5, 5.41) is 9.04. The van der Waals surface area contributed by atoms with E-state index in [1.807, 2.05) is 48.5 Å². The first-order chi connectivity index (χ1) is 9.83. The van der Waals surface area contributed by atoms with Crippen molar-refractivity contribution in [1.29, 1.82) is 5.39 Å². The van der Waals surface area contributed by atoms with Gasteiger partial charge >= 0.3 is 5.69 Å². The summed E-state index contributed by atoms with van der Waals surface area (Å²) in [5.41, 5.74) is 3.48. The second-order valence-electron chi connectivity index (χ2n) is 4.67. The maximum absolute atomic E-state index is 9.04. The van der Waals surface area contributed by atoms with E-state index in [0.29, 0.717) is 5.69 Å². The molecule has 0 amide bonds. The first kappa shape index (κ1) is 13.8. The Morgan fingerprint density at radius 2 is 1.85 bits per heavy atom. The lowest BCUT2D eigenvalue weighted by atomic mass is 10.0. The van der Waals surface area contributed by atoms with Gasteiger partial charge in [0.1, 0.15) is 5.56 Å². The number of unbranched alkanes of at least 4 members (excludes halogenated alkanes) is 1. The first-order valence-electron chi connectivity index (χ1n) is 6.88. The van der Waals surface area contributed by atoms with Gasteiger partial charge in [-0.2, -0.15) is 0 Å². The number of hydrogen-bond acceptors (Lipinski definition) is 1. The minimum absolute atomic E-state index is 0.522. The van der Waals surface area contributed by atoms with Crippen LogP contribution in [0.4, 0.5) is 5.69 Å². The molecular formula is C18H17N2+. The van der Waals surface area contributed by atoms with Gasteiger partial charge in [0.25, 0.3) is 0 Å².